The maximum atomic E-state index is 5.47. The van der Waals surface area contributed by atoms with Crippen LogP contribution in [0, 0.1) is 0 Å². The molecule has 0 spiro atoms. The van der Waals surface area contributed by atoms with Crippen LogP contribution in [0.2, 0.25) is 0 Å². The monoisotopic (exact) mass is 178 g/mol. The summed E-state index contributed by atoms with van der Waals surface area (Å²) >= 11 is 0. The predicted octanol–water partition coefficient (Wildman–Crippen LogP) is 1.44. The molecular weight excluding hydrogens is 164 g/mol. The number of anilines is 2. The van der Waals surface area contributed by atoms with Crippen molar-refractivity contribution in [2.75, 3.05) is 11.1 Å². The van der Waals surface area contributed by atoms with E-state index in [0.717, 1.165) is 6.42 Å². The Balaban J connectivity index is 2.58. The second-order valence-corrected chi connectivity index (χ2v) is 2.90. The van der Waals surface area contributed by atoms with E-state index in [9.17, 15) is 0 Å². The van der Waals surface area contributed by atoms with Crippen molar-refractivity contribution >= 4 is 11.6 Å². The summed E-state index contributed by atoms with van der Waals surface area (Å²) in [6, 6.07) is 0.300. The molecule has 1 rings (SSSR count). The first-order chi connectivity index (χ1) is 6.22. The van der Waals surface area contributed by atoms with Gasteiger partial charge in [-0.15, -0.1) is 6.58 Å². The van der Waals surface area contributed by atoms with Gasteiger partial charge in [0.1, 0.15) is 11.6 Å². The molecule has 13 heavy (non-hydrogen) atoms. The first-order valence-corrected chi connectivity index (χ1v) is 4.17. The quantitative estimate of drug-likeness (QED) is 0.685. The lowest BCUT2D eigenvalue weighted by molar-refractivity contribution is 0.806. The van der Waals surface area contributed by atoms with E-state index in [2.05, 4.69) is 21.9 Å². The van der Waals surface area contributed by atoms with E-state index in [-0.39, 0.29) is 0 Å². The highest BCUT2D eigenvalue weighted by atomic mass is 15.1. The normalized spacial score (nSPS) is 12.1. The molecule has 0 aliphatic rings. The third kappa shape index (κ3) is 3.11. The maximum absolute atomic E-state index is 5.47. The number of nitrogens with two attached hydrogens (primary N) is 1. The smallest absolute Gasteiger partial charge is 0.147 e. The fraction of sp³-hybridized carbons (Fsp3) is 0.333. The summed E-state index contributed by atoms with van der Waals surface area (Å²) in [5, 5.41) is 3.16. The van der Waals surface area contributed by atoms with E-state index >= 15 is 0 Å². The Kier molecular flexibility index (Phi) is 3.25. The lowest BCUT2D eigenvalue weighted by atomic mass is 10.2. The Morgan fingerprint density at radius 2 is 2.46 bits per heavy atom. The molecule has 70 valence electrons. The van der Waals surface area contributed by atoms with Gasteiger partial charge in [-0.05, 0) is 13.3 Å². The third-order valence-electron chi connectivity index (χ3n) is 1.57. The van der Waals surface area contributed by atoms with Gasteiger partial charge in [0.25, 0.3) is 0 Å². The van der Waals surface area contributed by atoms with Crippen LogP contribution in [0.25, 0.3) is 0 Å². The van der Waals surface area contributed by atoms with Gasteiger partial charge in [-0.25, -0.2) is 4.98 Å². The van der Waals surface area contributed by atoms with Crippen molar-refractivity contribution in [1.29, 1.82) is 0 Å². The van der Waals surface area contributed by atoms with Gasteiger partial charge in [0.05, 0.1) is 12.4 Å². The van der Waals surface area contributed by atoms with Gasteiger partial charge in [0.15, 0.2) is 0 Å². The number of rotatable bonds is 4. The highest BCUT2D eigenvalue weighted by Gasteiger charge is 2.00. The minimum atomic E-state index is 0.300. The molecule has 1 aromatic rings. The number of hydrogen-bond acceptors (Lipinski definition) is 4. The largest absolute Gasteiger partial charge is 0.382 e. The minimum absolute atomic E-state index is 0.300. The van der Waals surface area contributed by atoms with Crippen molar-refractivity contribution in [2.24, 2.45) is 0 Å². The second-order valence-electron chi connectivity index (χ2n) is 2.90. The van der Waals surface area contributed by atoms with Gasteiger partial charge in [0, 0.05) is 6.04 Å². The van der Waals surface area contributed by atoms with E-state index in [0.29, 0.717) is 17.7 Å². The zero-order valence-corrected chi connectivity index (χ0v) is 7.70. The summed E-state index contributed by atoms with van der Waals surface area (Å²) in [5.74, 6) is 1.13. The predicted molar refractivity (Wildman–Crippen MR) is 54.3 cm³/mol. The standard InChI is InChI=1S/C9H14N4/c1-3-4-7(2)12-9-6-11-5-8(10)13-9/h3,5-7H,1,4H2,2H3,(H3,10,12,13). The average Bonchev–Trinajstić information content (AvgIpc) is 2.04. The van der Waals surface area contributed by atoms with Gasteiger partial charge in [-0.1, -0.05) is 6.08 Å². The molecule has 4 nitrogen and oxygen atoms in total. The van der Waals surface area contributed by atoms with Crippen LogP contribution in [-0.4, -0.2) is 16.0 Å². The van der Waals surface area contributed by atoms with Crippen molar-refractivity contribution in [3.05, 3.63) is 25.0 Å². The first kappa shape index (κ1) is 9.51. The average molecular weight is 178 g/mol. The molecule has 1 atom stereocenters. The second kappa shape index (κ2) is 4.45. The summed E-state index contributed by atoms with van der Waals surface area (Å²) in [4.78, 5) is 7.99. The Bertz CT molecular complexity index is 285. The SMILES string of the molecule is C=CCC(C)Nc1cncc(N)n1. The zero-order chi connectivity index (χ0) is 9.68. The van der Waals surface area contributed by atoms with Crippen LogP contribution in [0.15, 0.2) is 25.0 Å². The van der Waals surface area contributed by atoms with E-state index in [4.69, 9.17) is 5.73 Å². The lowest BCUT2D eigenvalue weighted by Crippen LogP contribution is -2.15. The van der Waals surface area contributed by atoms with Crippen molar-refractivity contribution in [2.45, 2.75) is 19.4 Å². The van der Waals surface area contributed by atoms with E-state index in [1.165, 1.54) is 6.20 Å². The molecule has 0 fully saturated rings. The Morgan fingerprint density at radius 3 is 3.08 bits per heavy atom. The molecule has 1 heterocycles. The molecule has 0 amide bonds. The fourth-order valence-corrected chi connectivity index (χ4v) is 1.01. The van der Waals surface area contributed by atoms with Gasteiger partial charge >= 0.3 is 0 Å². The van der Waals surface area contributed by atoms with E-state index in [1.54, 1.807) is 6.20 Å². The minimum Gasteiger partial charge on any atom is -0.382 e. The molecule has 0 saturated heterocycles. The molecule has 0 aliphatic carbocycles. The van der Waals surface area contributed by atoms with Crippen molar-refractivity contribution in [3.63, 3.8) is 0 Å². The topological polar surface area (TPSA) is 63.8 Å². The molecule has 0 aliphatic heterocycles. The summed E-state index contributed by atoms with van der Waals surface area (Å²) in [7, 11) is 0. The van der Waals surface area contributed by atoms with Crippen molar-refractivity contribution in [1.82, 2.24) is 9.97 Å². The number of nitrogens with one attached hydrogen (secondary N) is 1. The van der Waals surface area contributed by atoms with Crippen LogP contribution >= 0.6 is 0 Å². The number of hydrogen-bond donors (Lipinski definition) is 2. The molecule has 3 N–H and O–H groups in total. The van der Waals surface area contributed by atoms with Crippen LogP contribution in [-0.2, 0) is 0 Å². The molecule has 0 saturated carbocycles. The summed E-state index contributed by atoms with van der Waals surface area (Å²) < 4.78 is 0. The summed E-state index contributed by atoms with van der Waals surface area (Å²) in [6.45, 7) is 5.71. The van der Waals surface area contributed by atoms with Crippen LogP contribution in [0.3, 0.4) is 0 Å². The maximum Gasteiger partial charge on any atom is 0.147 e. The van der Waals surface area contributed by atoms with E-state index < -0.39 is 0 Å². The van der Waals surface area contributed by atoms with E-state index in [1.807, 2.05) is 13.0 Å². The zero-order valence-electron chi connectivity index (χ0n) is 7.70. The van der Waals surface area contributed by atoms with Gasteiger partial charge < -0.3 is 11.1 Å². The highest BCUT2D eigenvalue weighted by molar-refractivity contribution is 5.38. The molecule has 0 aromatic carbocycles. The number of aromatic nitrogens is 2. The van der Waals surface area contributed by atoms with Gasteiger partial charge in [-0.2, -0.15) is 0 Å². The van der Waals surface area contributed by atoms with Crippen molar-refractivity contribution < 1.29 is 0 Å². The van der Waals surface area contributed by atoms with Crippen LogP contribution in [0.1, 0.15) is 13.3 Å². The van der Waals surface area contributed by atoms with Crippen molar-refractivity contribution in [3.8, 4) is 0 Å². The lowest BCUT2D eigenvalue weighted by Gasteiger charge is -2.11. The van der Waals surface area contributed by atoms with Crippen LogP contribution < -0.4 is 11.1 Å². The Hall–Kier alpha value is -1.58. The number of nitrogen functional groups attached to an aromatic ring is 1. The summed E-state index contributed by atoms with van der Waals surface area (Å²) in [6.07, 6.45) is 5.91. The summed E-state index contributed by atoms with van der Waals surface area (Å²) in [5.41, 5.74) is 5.47. The molecule has 1 aromatic heterocycles. The van der Waals surface area contributed by atoms with Crippen LogP contribution in [0.5, 0.6) is 0 Å². The third-order valence-corrected chi connectivity index (χ3v) is 1.57. The molecule has 0 bridgehead atoms. The fourth-order valence-electron chi connectivity index (χ4n) is 1.01. The van der Waals surface area contributed by atoms with Crippen LogP contribution in [0.4, 0.5) is 11.6 Å². The first-order valence-electron chi connectivity index (χ1n) is 4.17. The van der Waals surface area contributed by atoms with Gasteiger partial charge in [0.2, 0.25) is 0 Å². The van der Waals surface area contributed by atoms with Gasteiger partial charge in [-0.3, -0.25) is 4.98 Å². The molecular formula is C9H14N4. The Morgan fingerprint density at radius 1 is 1.69 bits per heavy atom. The number of nitrogens with zero attached hydrogens (tertiary/aromatic N) is 2. The molecule has 1 unspecified atom stereocenters. The molecule has 4 heteroatoms. The molecule has 0 radical (unpaired) electrons. The Labute approximate surface area is 77.9 Å². The highest BCUT2D eigenvalue weighted by Crippen LogP contribution is 2.06.